The zero-order valence-electron chi connectivity index (χ0n) is 11.6. The van der Waals surface area contributed by atoms with E-state index in [-0.39, 0.29) is 0 Å². The molecule has 0 radical (unpaired) electrons. The van der Waals surface area contributed by atoms with Gasteiger partial charge in [-0.15, -0.1) is 10.2 Å². The van der Waals surface area contributed by atoms with Gasteiger partial charge in [0.05, 0.1) is 6.61 Å². The molecule has 4 nitrogen and oxygen atoms in total. The first-order valence-electron chi connectivity index (χ1n) is 7.13. The first kappa shape index (κ1) is 13.5. The Morgan fingerprint density at radius 3 is 3.15 bits per heavy atom. The smallest absolute Gasteiger partial charge is 0.131 e. The Bertz CT molecular complexity index is 570. The lowest BCUT2D eigenvalue weighted by Gasteiger charge is -2.23. The average molecular weight is 289 g/mol. The molecule has 3 rings (SSSR count). The highest BCUT2D eigenvalue weighted by Gasteiger charge is 2.25. The van der Waals surface area contributed by atoms with Crippen LogP contribution in [0.2, 0.25) is 0 Å². The number of nitrogens with one attached hydrogen (secondary N) is 1. The van der Waals surface area contributed by atoms with E-state index in [2.05, 4.69) is 34.6 Å². The second-order valence-corrected chi connectivity index (χ2v) is 6.03. The van der Waals surface area contributed by atoms with Crippen molar-refractivity contribution >= 4 is 11.3 Å². The molecule has 1 aromatic heterocycles. The fourth-order valence-corrected chi connectivity index (χ4v) is 3.42. The molecule has 1 aliphatic rings. The molecule has 1 aromatic carbocycles. The summed E-state index contributed by atoms with van der Waals surface area (Å²) in [4.78, 5) is 0. The van der Waals surface area contributed by atoms with Gasteiger partial charge in [0.25, 0.3) is 0 Å². The molecule has 106 valence electrons. The van der Waals surface area contributed by atoms with Crippen LogP contribution in [0, 0.1) is 0 Å². The predicted molar refractivity (Wildman–Crippen MR) is 80.3 cm³/mol. The zero-order valence-corrected chi connectivity index (χ0v) is 12.4. The van der Waals surface area contributed by atoms with E-state index in [0.717, 1.165) is 48.3 Å². The summed E-state index contributed by atoms with van der Waals surface area (Å²) in [5.41, 5.74) is 1.24. The van der Waals surface area contributed by atoms with Crippen molar-refractivity contribution in [1.29, 1.82) is 0 Å². The van der Waals surface area contributed by atoms with Crippen molar-refractivity contribution in [2.75, 3.05) is 13.2 Å². The summed E-state index contributed by atoms with van der Waals surface area (Å²) < 4.78 is 5.71. The fraction of sp³-hybridized carbons (Fsp3) is 0.467. The minimum absolute atomic E-state index is 0.331. The highest BCUT2D eigenvalue weighted by molar-refractivity contribution is 7.11. The Kier molecular flexibility index (Phi) is 4.28. The molecule has 5 heteroatoms. The molecule has 2 aromatic rings. The van der Waals surface area contributed by atoms with E-state index in [0.29, 0.717) is 5.92 Å². The molecule has 2 heterocycles. The second kappa shape index (κ2) is 6.33. The highest BCUT2D eigenvalue weighted by Crippen LogP contribution is 2.38. The molecule has 0 saturated carbocycles. The van der Waals surface area contributed by atoms with Gasteiger partial charge >= 0.3 is 0 Å². The standard InChI is InChI=1S/C15H19N3OS/c1-2-8-16-10-14-17-18-15(20-14)12-7-9-19-13-6-4-3-5-11(12)13/h3-6,12,16H,2,7-10H2,1H3. The van der Waals surface area contributed by atoms with Crippen molar-refractivity contribution in [1.82, 2.24) is 15.5 Å². The highest BCUT2D eigenvalue weighted by atomic mass is 32.1. The summed E-state index contributed by atoms with van der Waals surface area (Å²) in [6.07, 6.45) is 2.12. The molecule has 0 saturated heterocycles. The Balaban J connectivity index is 1.77. The first-order valence-corrected chi connectivity index (χ1v) is 7.95. The van der Waals surface area contributed by atoms with Crippen molar-refractivity contribution in [3.8, 4) is 5.75 Å². The van der Waals surface area contributed by atoms with E-state index in [1.807, 2.05) is 12.1 Å². The minimum atomic E-state index is 0.331. The monoisotopic (exact) mass is 289 g/mol. The maximum Gasteiger partial charge on any atom is 0.131 e. The predicted octanol–water partition coefficient (Wildman–Crippen LogP) is 2.95. The normalized spacial score (nSPS) is 17.6. The molecule has 0 bridgehead atoms. The molecule has 1 unspecified atom stereocenters. The molecule has 0 spiro atoms. The van der Waals surface area contributed by atoms with Gasteiger partial charge in [-0.2, -0.15) is 0 Å². The van der Waals surface area contributed by atoms with Crippen LogP contribution in [-0.2, 0) is 6.54 Å². The Morgan fingerprint density at radius 1 is 1.35 bits per heavy atom. The van der Waals surface area contributed by atoms with Gasteiger partial charge in [0.2, 0.25) is 0 Å². The topological polar surface area (TPSA) is 47.0 Å². The minimum Gasteiger partial charge on any atom is -0.493 e. The number of para-hydroxylation sites is 1. The van der Waals surface area contributed by atoms with Gasteiger partial charge in [-0.1, -0.05) is 36.5 Å². The number of ether oxygens (including phenoxy) is 1. The van der Waals surface area contributed by atoms with Gasteiger partial charge in [0, 0.05) is 18.0 Å². The molecule has 1 aliphatic heterocycles. The number of fused-ring (bicyclic) bond motifs is 1. The van der Waals surface area contributed by atoms with Crippen molar-refractivity contribution in [3.05, 3.63) is 39.8 Å². The van der Waals surface area contributed by atoms with Crippen molar-refractivity contribution in [3.63, 3.8) is 0 Å². The largest absolute Gasteiger partial charge is 0.493 e. The van der Waals surface area contributed by atoms with Crippen molar-refractivity contribution < 1.29 is 4.74 Å². The van der Waals surface area contributed by atoms with E-state index in [4.69, 9.17) is 4.74 Å². The van der Waals surface area contributed by atoms with Gasteiger partial charge in [-0.3, -0.25) is 0 Å². The van der Waals surface area contributed by atoms with Crippen LogP contribution in [0.4, 0.5) is 0 Å². The van der Waals surface area contributed by atoms with E-state index >= 15 is 0 Å². The number of benzene rings is 1. The third kappa shape index (κ3) is 2.83. The number of hydrogen-bond acceptors (Lipinski definition) is 5. The maximum atomic E-state index is 5.71. The fourth-order valence-electron chi connectivity index (χ4n) is 2.45. The molecule has 1 atom stereocenters. The van der Waals surface area contributed by atoms with Gasteiger partial charge in [-0.25, -0.2) is 0 Å². The molecule has 0 aliphatic carbocycles. The van der Waals surface area contributed by atoms with E-state index in [9.17, 15) is 0 Å². The van der Waals surface area contributed by atoms with Gasteiger partial charge in [-0.05, 0) is 25.5 Å². The Hall–Kier alpha value is -1.46. The van der Waals surface area contributed by atoms with Gasteiger partial charge < -0.3 is 10.1 Å². The molecule has 0 fully saturated rings. The lowest BCUT2D eigenvalue weighted by Crippen LogP contribution is -2.14. The Morgan fingerprint density at radius 2 is 2.25 bits per heavy atom. The molecule has 1 N–H and O–H groups in total. The SMILES string of the molecule is CCCNCc1nnc(C2CCOc3ccccc32)s1. The van der Waals surface area contributed by atoms with Crippen LogP contribution in [0.15, 0.2) is 24.3 Å². The Labute approximate surface area is 123 Å². The summed E-state index contributed by atoms with van der Waals surface area (Å²) in [5, 5.41) is 14.2. The molecular weight excluding hydrogens is 270 g/mol. The summed E-state index contributed by atoms with van der Waals surface area (Å²) in [5.74, 6) is 1.32. The van der Waals surface area contributed by atoms with Gasteiger partial charge in [0.15, 0.2) is 0 Å². The lowest BCUT2D eigenvalue weighted by atomic mass is 9.94. The number of rotatable bonds is 5. The summed E-state index contributed by atoms with van der Waals surface area (Å²) in [6.45, 7) is 4.76. The van der Waals surface area contributed by atoms with Crippen LogP contribution in [0.1, 0.15) is 41.3 Å². The van der Waals surface area contributed by atoms with Crippen LogP contribution in [-0.4, -0.2) is 23.3 Å². The van der Waals surface area contributed by atoms with E-state index in [1.54, 1.807) is 11.3 Å². The number of aromatic nitrogens is 2. The number of hydrogen-bond donors (Lipinski definition) is 1. The summed E-state index contributed by atoms with van der Waals surface area (Å²) >= 11 is 1.71. The lowest BCUT2D eigenvalue weighted by molar-refractivity contribution is 0.276. The zero-order chi connectivity index (χ0) is 13.8. The third-order valence-corrected chi connectivity index (χ3v) is 4.48. The second-order valence-electron chi connectivity index (χ2n) is 4.94. The quantitative estimate of drug-likeness (QED) is 0.860. The third-order valence-electron chi connectivity index (χ3n) is 3.44. The summed E-state index contributed by atoms with van der Waals surface area (Å²) in [6, 6.07) is 8.24. The summed E-state index contributed by atoms with van der Waals surface area (Å²) in [7, 11) is 0. The molecular formula is C15H19N3OS. The van der Waals surface area contributed by atoms with Crippen LogP contribution in [0.25, 0.3) is 0 Å². The van der Waals surface area contributed by atoms with Crippen molar-refractivity contribution in [2.45, 2.75) is 32.2 Å². The average Bonchev–Trinajstić information content (AvgIpc) is 2.96. The van der Waals surface area contributed by atoms with E-state index in [1.165, 1.54) is 5.56 Å². The molecule has 20 heavy (non-hydrogen) atoms. The van der Waals surface area contributed by atoms with Crippen molar-refractivity contribution in [2.24, 2.45) is 0 Å². The molecule has 0 amide bonds. The number of nitrogens with zero attached hydrogens (tertiary/aromatic N) is 2. The van der Waals surface area contributed by atoms with Gasteiger partial charge in [0.1, 0.15) is 15.8 Å². The van der Waals surface area contributed by atoms with E-state index < -0.39 is 0 Å². The first-order chi connectivity index (χ1) is 9.88. The maximum absolute atomic E-state index is 5.71. The van der Waals surface area contributed by atoms with Crippen LogP contribution >= 0.6 is 11.3 Å². The van der Waals surface area contributed by atoms with Crippen LogP contribution < -0.4 is 10.1 Å². The van der Waals surface area contributed by atoms with Crippen LogP contribution in [0.5, 0.6) is 5.75 Å². The van der Waals surface area contributed by atoms with Crippen LogP contribution in [0.3, 0.4) is 0 Å².